The Morgan fingerprint density at radius 2 is 1.69 bits per heavy atom. The van der Waals surface area contributed by atoms with E-state index < -0.39 is 6.10 Å². The lowest BCUT2D eigenvalue weighted by Gasteiger charge is -2.36. The van der Waals surface area contributed by atoms with Crippen LogP contribution in [0.15, 0.2) is 54.6 Å². The number of nitrogens with zero attached hydrogens (tertiary/aromatic N) is 4. The van der Waals surface area contributed by atoms with Crippen LogP contribution in [0, 0.1) is 6.92 Å². The summed E-state index contributed by atoms with van der Waals surface area (Å²) in [6.45, 7) is 6.27. The maximum Gasteiger partial charge on any atom is 0.263 e. The number of carbonyl (C=O) groups excluding carboxylic acids is 1. The van der Waals surface area contributed by atoms with Crippen LogP contribution >= 0.6 is 23.2 Å². The van der Waals surface area contributed by atoms with Gasteiger partial charge in [-0.1, -0.05) is 35.3 Å². The summed E-state index contributed by atoms with van der Waals surface area (Å²) in [4.78, 5) is 16.8. The molecular weight excluding hydrogens is 447 g/mol. The molecule has 1 aliphatic heterocycles. The zero-order valence-electron chi connectivity index (χ0n) is 18.0. The number of anilines is 1. The standard InChI is InChI=1S/C24H24Cl2N4O2/c1-16-15-20(7-8-21(16)26)32-17(2)24(31)30-13-11-29(12-14-30)23-10-9-22(27-28-23)18-3-5-19(25)6-4-18/h3-10,15,17H,11-14H2,1-2H3. The highest BCUT2D eigenvalue weighted by atomic mass is 35.5. The molecule has 166 valence electrons. The monoisotopic (exact) mass is 470 g/mol. The zero-order chi connectivity index (χ0) is 22.7. The fourth-order valence-electron chi connectivity index (χ4n) is 3.63. The topological polar surface area (TPSA) is 58.6 Å². The average Bonchev–Trinajstić information content (AvgIpc) is 2.82. The second kappa shape index (κ2) is 9.76. The quantitative estimate of drug-likeness (QED) is 0.531. The highest BCUT2D eigenvalue weighted by Crippen LogP contribution is 2.23. The van der Waals surface area contributed by atoms with Crippen molar-refractivity contribution in [1.82, 2.24) is 15.1 Å². The van der Waals surface area contributed by atoms with E-state index in [9.17, 15) is 4.79 Å². The molecule has 2 heterocycles. The Morgan fingerprint density at radius 1 is 0.969 bits per heavy atom. The maximum atomic E-state index is 12.8. The molecule has 2 aromatic carbocycles. The van der Waals surface area contributed by atoms with Crippen LogP contribution in [0.5, 0.6) is 5.75 Å². The second-order valence-corrected chi connectivity index (χ2v) is 8.61. The Balaban J connectivity index is 1.32. The number of ether oxygens (including phenoxy) is 1. The van der Waals surface area contributed by atoms with Gasteiger partial charge in [-0.25, -0.2) is 0 Å². The number of amides is 1. The second-order valence-electron chi connectivity index (χ2n) is 7.77. The van der Waals surface area contributed by atoms with E-state index in [4.69, 9.17) is 27.9 Å². The summed E-state index contributed by atoms with van der Waals surface area (Å²) in [5, 5.41) is 10.1. The van der Waals surface area contributed by atoms with Gasteiger partial charge in [-0.2, -0.15) is 0 Å². The van der Waals surface area contributed by atoms with E-state index in [-0.39, 0.29) is 5.91 Å². The molecule has 4 rings (SSSR count). The van der Waals surface area contributed by atoms with E-state index in [1.54, 1.807) is 19.1 Å². The minimum absolute atomic E-state index is 0.0265. The molecule has 0 radical (unpaired) electrons. The van der Waals surface area contributed by atoms with E-state index in [0.717, 1.165) is 22.6 Å². The first kappa shape index (κ1) is 22.4. The van der Waals surface area contributed by atoms with Crippen LogP contribution in [0.25, 0.3) is 11.3 Å². The van der Waals surface area contributed by atoms with Gasteiger partial charge in [0.1, 0.15) is 5.75 Å². The molecule has 1 unspecified atom stereocenters. The highest BCUT2D eigenvalue weighted by molar-refractivity contribution is 6.31. The summed E-state index contributed by atoms with van der Waals surface area (Å²) in [6, 6.07) is 16.8. The average molecular weight is 471 g/mol. The number of aryl methyl sites for hydroxylation is 1. The van der Waals surface area contributed by atoms with Crippen molar-refractivity contribution >= 4 is 34.9 Å². The molecule has 1 saturated heterocycles. The molecule has 1 fully saturated rings. The molecule has 3 aromatic rings. The van der Waals surface area contributed by atoms with Crippen molar-refractivity contribution in [2.45, 2.75) is 20.0 Å². The number of benzene rings is 2. The van der Waals surface area contributed by atoms with Crippen LogP contribution in [0.1, 0.15) is 12.5 Å². The third-order valence-electron chi connectivity index (χ3n) is 5.50. The van der Waals surface area contributed by atoms with Gasteiger partial charge in [-0.3, -0.25) is 4.79 Å². The van der Waals surface area contributed by atoms with Crippen LogP contribution in [0.2, 0.25) is 10.0 Å². The SMILES string of the molecule is Cc1cc(OC(C)C(=O)N2CCN(c3ccc(-c4ccc(Cl)cc4)nn3)CC2)ccc1Cl. The van der Waals surface area contributed by atoms with Crippen molar-refractivity contribution in [2.75, 3.05) is 31.1 Å². The molecule has 1 aliphatic rings. The van der Waals surface area contributed by atoms with Crippen molar-refractivity contribution in [3.63, 3.8) is 0 Å². The molecule has 0 saturated carbocycles. The molecule has 32 heavy (non-hydrogen) atoms. The Bertz CT molecular complexity index is 1080. The van der Waals surface area contributed by atoms with Crippen molar-refractivity contribution in [2.24, 2.45) is 0 Å². The summed E-state index contributed by atoms with van der Waals surface area (Å²) in [7, 11) is 0. The smallest absolute Gasteiger partial charge is 0.263 e. The van der Waals surface area contributed by atoms with Gasteiger partial charge in [-0.15, -0.1) is 10.2 Å². The molecular formula is C24H24Cl2N4O2. The lowest BCUT2D eigenvalue weighted by atomic mass is 10.1. The Morgan fingerprint density at radius 3 is 2.31 bits per heavy atom. The van der Waals surface area contributed by atoms with E-state index in [1.165, 1.54) is 0 Å². The van der Waals surface area contributed by atoms with Gasteiger partial charge in [0.05, 0.1) is 5.69 Å². The minimum atomic E-state index is -0.569. The fraction of sp³-hybridized carbons (Fsp3) is 0.292. The molecule has 1 aromatic heterocycles. The number of aromatic nitrogens is 2. The Hall–Kier alpha value is -2.83. The van der Waals surface area contributed by atoms with Gasteiger partial charge in [0.25, 0.3) is 5.91 Å². The van der Waals surface area contributed by atoms with E-state index in [0.29, 0.717) is 42.0 Å². The first-order valence-electron chi connectivity index (χ1n) is 10.5. The number of rotatable bonds is 5. The molecule has 6 nitrogen and oxygen atoms in total. The van der Waals surface area contributed by atoms with Gasteiger partial charge in [-0.05, 0) is 61.9 Å². The molecule has 1 amide bonds. The summed E-state index contributed by atoms with van der Waals surface area (Å²) >= 11 is 12.0. The Labute approximate surface area is 197 Å². The maximum absolute atomic E-state index is 12.8. The number of hydrogen-bond donors (Lipinski definition) is 0. The highest BCUT2D eigenvalue weighted by Gasteiger charge is 2.26. The van der Waals surface area contributed by atoms with Crippen LogP contribution in [0.4, 0.5) is 5.82 Å². The number of halogens is 2. The summed E-state index contributed by atoms with van der Waals surface area (Å²) in [5.74, 6) is 1.42. The lowest BCUT2D eigenvalue weighted by Crippen LogP contribution is -2.52. The minimum Gasteiger partial charge on any atom is -0.481 e. The summed E-state index contributed by atoms with van der Waals surface area (Å²) in [5.41, 5.74) is 2.68. The predicted molar refractivity (Wildman–Crippen MR) is 128 cm³/mol. The molecule has 1 atom stereocenters. The molecule has 0 N–H and O–H groups in total. The first-order valence-corrected chi connectivity index (χ1v) is 11.2. The van der Waals surface area contributed by atoms with Crippen molar-refractivity contribution < 1.29 is 9.53 Å². The van der Waals surface area contributed by atoms with Gasteiger partial charge < -0.3 is 14.5 Å². The molecule has 0 aliphatic carbocycles. The lowest BCUT2D eigenvalue weighted by molar-refractivity contribution is -0.138. The van der Waals surface area contributed by atoms with E-state index in [2.05, 4.69) is 15.1 Å². The molecule has 0 bridgehead atoms. The third-order valence-corrected chi connectivity index (χ3v) is 6.17. The van der Waals surface area contributed by atoms with E-state index in [1.807, 2.05) is 54.3 Å². The molecule has 0 spiro atoms. The van der Waals surface area contributed by atoms with Gasteiger partial charge in [0.15, 0.2) is 11.9 Å². The van der Waals surface area contributed by atoms with Gasteiger partial charge in [0, 0.05) is 41.8 Å². The zero-order valence-corrected chi connectivity index (χ0v) is 19.5. The van der Waals surface area contributed by atoms with Crippen molar-refractivity contribution in [3.8, 4) is 17.0 Å². The third kappa shape index (κ3) is 5.14. The fourth-order valence-corrected chi connectivity index (χ4v) is 3.87. The molecule has 8 heteroatoms. The van der Waals surface area contributed by atoms with Crippen molar-refractivity contribution in [3.05, 3.63) is 70.2 Å². The van der Waals surface area contributed by atoms with Gasteiger partial charge in [0.2, 0.25) is 0 Å². The number of carbonyl (C=O) groups is 1. The van der Waals surface area contributed by atoms with E-state index >= 15 is 0 Å². The largest absolute Gasteiger partial charge is 0.481 e. The van der Waals surface area contributed by atoms with Crippen molar-refractivity contribution in [1.29, 1.82) is 0 Å². The van der Waals surface area contributed by atoms with Crippen LogP contribution < -0.4 is 9.64 Å². The Kier molecular flexibility index (Phi) is 6.82. The normalized spacial score (nSPS) is 14.9. The van der Waals surface area contributed by atoms with Crippen LogP contribution in [0.3, 0.4) is 0 Å². The summed E-state index contributed by atoms with van der Waals surface area (Å²) in [6.07, 6.45) is -0.569. The number of hydrogen-bond acceptors (Lipinski definition) is 5. The van der Waals surface area contributed by atoms with Crippen LogP contribution in [-0.2, 0) is 4.79 Å². The first-order chi connectivity index (χ1) is 15.4. The van der Waals surface area contributed by atoms with Gasteiger partial charge >= 0.3 is 0 Å². The predicted octanol–water partition coefficient (Wildman–Crippen LogP) is 4.87. The van der Waals surface area contributed by atoms with Crippen LogP contribution in [-0.4, -0.2) is 53.3 Å². The summed E-state index contributed by atoms with van der Waals surface area (Å²) < 4.78 is 5.85. The number of piperazine rings is 1.